The molecule has 0 amide bonds. The summed E-state index contributed by atoms with van der Waals surface area (Å²) >= 11 is 0. The Morgan fingerprint density at radius 1 is 1.54 bits per heavy atom. The molecule has 0 saturated heterocycles. The van der Waals surface area contributed by atoms with Crippen LogP contribution in [0.15, 0.2) is 24.3 Å². The normalized spacial score (nSPS) is 18.6. The Hall–Kier alpha value is -1.37. The van der Waals surface area contributed by atoms with Crippen LogP contribution in [0.25, 0.3) is 0 Å². The van der Waals surface area contributed by atoms with Crippen molar-refractivity contribution in [2.75, 3.05) is 13.7 Å². The summed E-state index contributed by atoms with van der Waals surface area (Å²) in [6.45, 7) is 0.136. The zero-order valence-electron chi connectivity index (χ0n) is 7.32. The Bertz CT molecular complexity index is 278. The highest BCUT2D eigenvalue weighted by atomic mass is 16.7. The van der Waals surface area contributed by atoms with Crippen LogP contribution in [0.5, 0.6) is 0 Å². The number of allylic oxidation sites excluding steroid dienone is 2. The highest BCUT2D eigenvalue weighted by Crippen LogP contribution is 2.19. The molecule has 1 aliphatic carbocycles. The summed E-state index contributed by atoms with van der Waals surface area (Å²) in [6, 6.07) is 0. The maximum Gasteiger partial charge on any atom is 0.209 e. The molecule has 13 heavy (non-hydrogen) atoms. The molecule has 0 radical (unpaired) electrons. The van der Waals surface area contributed by atoms with E-state index in [1.54, 1.807) is 0 Å². The number of ketones is 1. The summed E-state index contributed by atoms with van der Waals surface area (Å²) in [5.41, 5.74) is 0. The fourth-order valence-electron chi connectivity index (χ4n) is 0.953. The molecule has 68 valence electrons. The van der Waals surface area contributed by atoms with Crippen molar-refractivity contribution in [2.45, 2.75) is 5.79 Å². The Morgan fingerprint density at radius 2 is 2.15 bits per heavy atom. The van der Waals surface area contributed by atoms with Gasteiger partial charge >= 0.3 is 0 Å². The average Bonchev–Trinajstić information content (AvgIpc) is 2.18. The lowest BCUT2D eigenvalue weighted by atomic mass is 10.1. The minimum Gasteiger partial charge on any atom is -0.346 e. The summed E-state index contributed by atoms with van der Waals surface area (Å²) in [7, 11) is 1.49. The third-order valence-corrected chi connectivity index (χ3v) is 1.66. The van der Waals surface area contributed by atoms with E-state index in [2.05, 4.69) is 5.92 Å². The lowest BCUT2D eigenvalue weighted by molar-refractivity contribution is -0.146. The Labute approximate surface area is 77.0 Å². The molecule has 1 aliphatic rings. The average molecular weight is 178 g/mol. The Balaban J connectivity index is 2.72. The fourth-order valence-corrected chi connectivity index (χ4v) is 0.953. The number of ether oxygens (including phenoxy) is 2. The number of methoxy groups -OCH3 is 1. The van der Waals surface area contributed by atoms with E-state index in [-0.39, 0.29) is 12.4 Å². The van der Waals surface area contributed by atoms with E-state index < -0.39 is 5.79 Å². The van der Waals surface area contributed by atoms with Crippen LogP contribution >= 0.6 is 0 Å². The molecule has 0 N–H and O–H groups in total. The van der Waals surface area contributed by atoms with Crippen molar-refractivity contribution in [3.05, 3.63) is 24.3 Å². The lowest BCUT2D eigenvalue weighted by Gasteiger charge is -2.26. The van der Waals surface area contributed by atoms with Gasteiger partial charge in [-0.05, 0) is 24.3 Å². The molecule has 0 aromatic rings. The first-order valence-electron chi connectivity index (χ1n) is 3.77. The molecule has 0 spiro atoms. The lowest BCUT2D eigenvalue weighted by Crippen LogP contribution is -2.32. The zero-order chi connectivity index (χ0) is 9.73. The number of rotatable bonds is 3. The minimum atomic E-state index is -0.972. The SMILES string of the molecule is C#CCOC1(OC)C=CC(=O)C=C1. The van der Waals surface area contributed by atoms with Gasteiger partial charge in [-0.3, -0.25) is 4.79 Å². The second kappa shape index (κ2) is 4.04. The highest BCUT2D eigenvalue weighted by Gasteiger charge is 2.26. The summed E-state index contributed by atoms with van der Waals surface area (Å²) in [5.74, 6) is 1.27. The topological polar surface area (TPSA) is 35.5 Å². The number of hydrogen-bond donors (Lipinski definition) is 0. The van der Waals surface area contributed by atoms with Gasteiger partial charge in [0.25, 0.3) is 0 Å². The van der Waals surface area contributed by atoms with Crippen molar-refractivity contribution < 1.29 is 14.3 Å². The van der Waals surface area contributed by atoms with E-state index in [0.29, 0.717) is 0 Å². The molecule has 1 rings (SSSR count). The standard InChI is InChI=1S/C10H10O3/c1-3-8-13-10(12-2)6-4-9(11)5-7-10/h1,4-7H,8H2,2H3. The molecular weight excluding hydrogens is 168 g/mol. The van der Waals surface area contributed by atoms with Gasteiger partial charge in [0.2, 0.25) is 5.79 Å². The highest BCUT2D eigenvalue weighted by molar-refractivity contribution is 6.00. The largest absolute Gasteiger partial charge is 0.346 e. The number of carbonyl (C=O) groups excluding carboxylic acids is 1. The van der Waals surface area contributed by atoms with Crippen LogP contribution in [0.2, 0.25) is 0 Å². The fraction of sp³-hybridized carbons (Fsp3) is 0.300. The monoisotopic (exact) mass is 178 g/mol. The van der Waals surface area contributed by atoms with Crippen LogP contribution in [0.4, 0.5) is 0 Å². The van der Waals surface area contributed by atoms with E-state index in [1.165, 1.54) is 31.4 Å². The first-order chi connectivity index (χ1) is 6.22. The number of carbonyl (C=O) groups is 1. The molecule has 0 aromatic carbocycles. The summed E-state index contributed by atoms with van der Waals surface area (Å²) in [5, 5.41) is 0. The van der Waals surface area contributed by atoms with Crippen molar-refractivity contribution in [3.8, 4) is 12.3 Å². The Kier molecular flexibility index (Phi) is 3.02. The summed E-state index contributed by atoms with van der Waals surface area (Å²) in [4.78, 5) is 10.8. The molecular formula is C10H10O3. The summed E-state index contributed by atoms with van der Waals surface area (Å²) < 4.78 is 10.3. The van der Waals surface area contributed by atoms with Crippen LogP contribution in [0.1, 0.15) is 0 Å². The van der Waals surface area contributed by atoms with Gasteiger partial charge in [0.05, 0.1) is 0 Å². The van der Waals surface area contributed by atoms with E-state index >= 15 is 0 Å². The molecule has 3 heteroatoms. The predicted octanol–water partition coefficient (Wildman–Crippen LogP) is 0.674. The molecule has 0 heterocycles. The van der Waals surface area contributed by atoms with Gasteiger partial charge < -0.3 is 9.47 Å². The van der Waals surface area contributed by atoms with E-state index in [1.807, 2.05) is 0 Å². The third kappa shape index (κ3) is 2.28. The van der Waals surface area contributed by atoms with Gasteiger partial charge in [-0.25, -0.2) is 0 Å². The van der Waals surface area contributed by atoms with Crippen molar-refractivity contribution in [3.63, 3.8) is 0 Å². The zero-order valence-corrected chi connectivity index (χ0v) is 7.32. The predicted molar refractivity (Wildman–Crippen MR) is 47.8 cm³/mol. The van der Waals surface area contributed by atoms with Gasteiger partial charge in [0.1, 0.15) is 6.61 Å². The van der Waals surface area contributed by atoms with Crippen LogP contribution in [0, 0.1) is 12.3 Å². The minimum absolute atomic E-state index is 0.0861. The van der Waals surface area contributed by atoms with Gasteiger partial charge in [-0.2, -0.15) is 0 Å². The maximum absolute atomic E-state index is 10.8. The van der Waals surface area contributed by atoms with E-state index in [9.17, 15) is 4.79 Å². The second-order valence-electron chi connectivity index (χ2n) is 2.49. The van der Waals surface area contributed by atoms with Crippen LogP contribution < -0.4 is 0 Å². The maximum atomic E-state index is 10.8. The number of terminal acetylenes is 1. The van der Waals surface area contributed by atoms with Crippen LogP contribution in [-0.2, 0) is 14.3 Å². The second-order valence-corrected chi connectivity index (χ2v) is 2.49. The molecule has 0 atom stereocenters. The van der Waals surface area contributed by atoms with E-state index in [4.69, 9.17) is 15.9 Å². The summed E-state index contributed by atoms with van der Waals surface area (Å²) in [6.07, 6.45) is 10.9. The smallest absolute Gasteiger partial charge is 0.209 e. The quantitative estimate of drug-likeness (QED) is 0.470. The van der Waals surface area contributed by atoms with Crippen LogP contribution in [0.3, 0.4) is 0 Å². The molecule has 0 unspecified atom stereocenters. The molecule has 0 bridgehead atoms. The first kappa shape index (κ1) is 9.72. The van der Waals surface area contributed by atoms with Gasteiger partial charge in [-0.15, -0.1) is 6.42 Å². The van der Waals surface area contributed by atoms with Crippen LogP contribution in [-0.4, -0.2) is 25.3 Å². The molecule has 0 fully saturated rings. The molecule has 0 saturated carbocycles. The third-order valence-electron chi connectivity index (χ3n) is 1.66. The van der Waals surface area contributed by atoms with Crippen molar-refractivity contribution in [1.82, 2.24) is 0 Å². The van der Waals surface area contributed by atoms with Crippen molar-refractivity contribution in [1.29, 1.82) is 0 Å². The van der Waals surface area contributed by atoms with E-state index in [0.717, 1.165) is 0 Å². The number of hydrogen-bond acceptors (Lipinski definition) is 3. The van der Waals surface area contributed by atoms with Gasteiger partial charge in [0, 0.05) is 7.11 Å². The van der Waals surface area contributed by atoms with Crippen molar-refractivity contribution in [2.24, 2.45) is 0 Å². The van der Waals surface area contributed by atoms with Crippen molar-refractivity contribution >= 4 is 5.78 Å². The molecule has 3 nitrogen and oxygen atoms in total. The Morgan fingerprint density at radius 3 is 2.62 bits per heavy atom. The van der Waals surface area contributed by atoms with Gasteiger partial charge in [0.15, 0.2) is 5.78 Å². The molecule has 0 aromatic heterocycles. The molecule has 0 aliphatic heterocycles. The first-order valence-corrected chi connectivity index (χ1v) is 3.77. The van der Waals surface area contributed by atoms with Gasteiger partial charge in [-0.1, -0.05) is 5.92 Å².